The summed E-state index contributed by atoms with van der Waals surface area (Å²) in [6, 6.07) is 22.3. The van der Waals surface area contributed by atoms with Gasteiger partial charge in [0.05, 0.1) is 27.9 Å². The number of carbonyl (C=O) groups excluding carboxylic acids is 1. The van der Waals surface area contributed by atoms with E-state index >= 15 is 0 Å². The average molecular weight is 605 g/mol. The van der Waals surface area contributed by atoms with E-state index in [2.05, 4.69) is 4.99 Å². The number of ether oxygens (including phenoxy) is 2. The third kappa shape index (κ3) is 6.20. The van der Waals surface area contributed by atoms with E-state index in [1.165, 1.54) is 11.3 Å². The number of para-hydroxylation sites is 1. The normalized spacial score (nSPS) is 15.1. The molecule has 4 aromatic rings. The highest BCUT2D eigenvalue weighted by Crippen LogP contribution is 2.32. The van der Waals surface area contributed by atoms with Crippen LogP contribution in [0.5, 0.6) is 5.75 Å². The molecule has 0 saturated carbocycles. The number of thiazole rings is 1. The number of benzene rings is 3. The van der Waals surface area contributed by atoms with Gasteiger partial charge in [-0.2, -0.15) is 0 Å². The molecule has 41 heavy (non-hydrogen) atoms. The van der Waals surface area contributed by atoms with Crippen molar-refractivity contribution >= 4 is 46.7 Å². The fraction of sp³-hybridized carbons (Fsp3) is 0.219. The second-order valence-electron chi connectivity index (χ2n) is 9.73. The highest BCUT2D eigenvalue weighted by Gasteiger charge is 2.33. The Hall–Kier alpha value is -3.59. The molecule has 3 aromatic carbocycles. The van der Waals surface area contributed by atoms with Gasteiger partial charge >= 0.3 is 5.97 Å². The Bertz CT molecular complexity index is 1810. The fourth-order valence-corrected chi connectivity index (χ4v) is 6.24. The average Bonchev–Trinajstić information content (AvgIpc) is 3.26. The number of thioether (sulfide) groups is 1. The van der Waals surface area contributed by atoms with E-state index in [4.69, 9.17) is 21.1 Å². The summed E-state index contributed by atoms with van der Waals surface area (Å²) in [5.41, 5.74) is 3.08. The number of allylic oxidation sites excluding steroid dienone is 1. The van der Waals surface area contributed by atoms with Gasteiger partial charge in [-0.3, -0.25) is 9.36 Å². The summed E-state index contributed by atoms with van der Waals surface area (Å²) in [6.07, 6.45) is 3.50. The van der Waals surface area contributed by atoms with E-state index < -0.39 is 12.0 Å². The van der Waals surface area contributed by atoms with Gasteiger partial charge in [-0.15, -0.1) is 11.8 Å². The number of halogens is 1. The maximum Gasteiger partial charge on any atom is 0.338 e. The van der Waals surface area contributed by atoms with Crippen molar-refractivity contribution in [2.45, 2.75) is 44.4 Å². The molecule has 0 saturated heterocycles. The Morgan fingerprint density at radius 1 is 1.10 bits per heavy atom. The first-order valence-corrected chi connectivity index (χ1v) is 15.5. The van der Waals surface area contributed by atoms with Gasteiger partial charge in [-0.1, -0.05) is 71.5 Å². The molecule has 210 valence electrons. The van der Waals surface area contributed by atoms with Crippen LogP contribution in [0.1, 0.15) is 43.5 Å². The molecule has 1 aliphatic rings. The molecule has 2 heterocycles. The smallest absolute Gasteiger partial charge is 0.338 e. The fourth-order valence-electron chi connectivity index (χ4n) is 4.61. The SMILES string of the molecule is CSc1ccc([C@H]2C(C(=O)OC(C)C)=C(C)N=c3s/c(=C/c4ccccc4OCc4ccccc4Cl)c(=O)n32)cc1. The summed E-state index contributed by atoms with van der Waals surface area (Å²) in [5, 5.41) is 0.631. The van der Waals surface area contributed by atoms with Crippen LogP contribution in [0, 0.1) is 0 Å². The topological polar surface area (TPSA) is 69.9 Å². The van der Waals surface area contributed by atoms with Crippen molar-refractivity contribution in [1.29, 1.82) is 0 Å². The zero-order valence-electron chi connectivity index (χ0n) is 23.1. The van der Waals surface area contributed by atoms with Gasteiger partial charge in [-0.25, -0.2) is 9.79 Å². The second-order valence-corrected chi connectivity index (χ2v) is 12.0. The molecule has 0 amide bonds. The number of fused-ring (bicyclic) bond motifs is 1. The van der Waals surface area contributed by atoms with Crippen LogP contribution >= 0.6 is 34.7 Å². The first-order valence-electron chi connectivity index (χ1n) is 13.1. The largest absolute Gasteiger partial charge is 0.488 e. The Kier molecular flexibility index (Phi) is 8.82. The molecular formula is C32H29ClN2O4S2. The van der Waals surface area contributed by atoms with Crippen LogP contribution in [0.3, 0.4) is 0 Å². The van der Waals surface area contributed by atoms with E-state index in [1.54, 1.807) is 37.1 Å². The van der Waals surface area contributed by atoms with Crippen LogP contribution in [0.4, 0.5) is 0 Å². The summed E-state index contributed by atoms with van der Waals surface area (Å²) in [4.78, 5) is 33.6. The molecule has 1 aromatic heterocycles. The molecular weight excluding hydrogens is 576 g/mol. The molecule has 0 fully saturated rings. The summed E-state index contributed by atoms with van der Waals surface area (Å²) in [5.74, 6) is 0.146. The van der Waals surface area contributed by atoms with E-state index in [9.17, 15) is 9.59 Å². The van der Waals surface area contributed by atoms with Crippen molar-refractivity contribution in [2.24, 2.45) is 4.99 Å². The zero-order valence-corrected chi connectivity index (χ0v) is 25.5. The van der Waals surface area contributed by atoms with Gasteiger partial charge in [-0.05, 0) is 62.9 Å². The van der Waals surface area contributed by atoms with Gasteiger partial charge in [0.15, 0.2) is 4.80 Å². The number of carbonyl (C=O) groups is 1. The minimum Gasteiger partial charge on any atom is -0.488 e. The summed E-state index contributed by atoms with van der Waals surface area (Å²) in [6.45, 7) is 5.68. The van der Waals surface area contributed by atoms with Crippen molar-refractivity contribution in [3.63, 3.8) is 0 Å². The maximum atomic E-state index is 14.0. The predicted octanol–water partition coefficient (Wildman–Crippen LogP) is 6.14. The highest BCUT2D eigenvalue weighted by molar-refractivity contribution is 7.98. The molecule has 9 heteroatoms. The summed E-state index contributed by atoms with van der Waals surface area (Å²) < 4.78 is 13.8. The second kappa shape index (κ2) is 12.5. The van der Waals surface area contributed by atoms with Crippen molar-refractivity contribution in [3.05, 3.63) is 125 Å². The first-order chi connectivity index (χ1) is 19.8. The maximum absolute atomic E-state index is 14.0. The van der Waals surface area contributed by atoms with Crippen LogP contribution in [-0.2, 0) is 16.1 Å². The predicted molar refractivity (Wildman–Crippen MR) is 165 cm³/mol. The number of rotatable bonds is 8. The Morgan fingerprint density at radius 3 is 2.51 bits per heavy atom. The molecule has 0 bridgehead atoms. The first kappa shape index (κ1) is 28.9. The number of hydrogen-bond acceptors (Lipinski definition) is 7. The lowest BCUT2D eigenvalue weighted by Gasteiger charge is -2.25. The summed E-state index contributed by atoms with van der Waals surface area (Å²) >= 11 is 9.22. The lowest BCUT2D eigenvalue weighted by atomic mass is 9.96. The van der Waals surface area contributed by atoms with E-state index in [1.807, 2.05) is 85.1 Å². The standard InChI is InChI=1S/C32H29ClN2O4S2/c1-19(2)39-31(37)28-20(3)34-32-35(29(28)21-13-15-24(40-4)16-14-21)30(36)27(41-32)17-22-9-6-8-12-26(22)38-18-23-10-5-7-11-25(23)33/h5-17,19,29H,18H2,1-4H3/b27-17+/t29-/m0/s1. The quantitative estimate of drug-likeness (QED) is 0.178. The lowest BCUT2D eigenvalue weighted by Crippen LogP contribution is -2.40. The van der Waals surface area contributed by atoms with Crippen molar-refractivity contribution in [2.75, 3.05) is 6.26 Å². The molecule has 6 nitrogen and oxygen atoms in total. The number of aromatic nitrogens is 1. The van der Waals surface area contributed by atoms with Crippen LogP contribution in [0.15, 0.2) is 98.7 Å². The van der Waals surface area contributed by atoms with Gasteiger partial charge in [0.2, 0.25) is 0 Å². The Morgan fingerprint density at radius 2 is 1.80 bits per heavy atom. The van der Waals surface area contributed by atoms with Gasteiger partial charge in [0, 0.05) is 21.0 Å². The van der Waals surface area contributed by atoms with Gasteiger partial charge in [0.25, 0.3) is 5.56 Å². The minimum absolute atomic E-state index is 0.240. The molecule has 1 atom stereocenters. The van der Waals surface area contributed by atoms with E-state index in [0.29, 0.717) is 38.0 Å². The van der Waals surface area contributed by atoms with Crippen LogP contribution in [0.25, 0.3) is 6.08 Å². The number of nitrogens with zero attached hydrogens (tertiary/aromatic N) is 2. The number of hydrogen-bond donors (Lipinski definition) is 0. The highest BCUT2D eigenvalue weighted by atomic mass is 35.5. The zero-order chi connectivity index (χ0) is 29.1. The van der Waals surface area contributed by atoms with Crippen LogP contribution in [0.2, 0.25) is 5.02 Å². The van der Waals surface area contributed by atoms with E-state index in [-0.39, 0.29) is 11.7 Å². The van der Waals surface area contributed by atoms with Crippen molar-refractivity contribution < 1.29 is 14.3 Å². The Labute approximate surface area is 251 Å². The molecule has 5 rings (SSSR count). The number of esters is 1. The van der Waals surface area contributed by atoms with Crippen molar-refractivity contribution in [3.8, 4) is 5.75 Å². The molecule has 0 aliphatic carbocycles. The van der Waals surface area contributed by atoms with Crippen LogP contribution < -0.4 is 19.6 Å². The Balaban J connectivity index is 1.60. The monoisotopic (exact) mass is 604 g/mol. The molecule has 0 spiro atoms. The summed E-state index contributed by atoms with van der Waals surface area (Å²) in [7, 11) is 0. The molecule has 0 N–H and O–H groups in total. The molecule has 0 radical (unpaired) electrons. The third-order valence-corrected chi connectivity index (χ3v) is 8.66. The van der Waals surface area contributed by atoms with Gasteiger partial charge in [0.1, 0.15) is 12.4 Å². The molecule has 0 unspecified atom stereocenters. The minimum atomic E-state index is -0.665. The third-order valence-electron chi connectivity index (χ3n) is 6.56. The lowest BCUT2D eigenvalue weighted by molar-refractivity contribution is -0.143. The van der Waals surface area contributed by atoms with Crippen LogP contribution in [-0.4, -0.2) is 22.9 Å². The van der Waals surface area contributed by atoms with Gasteiger partial charge < -0.3 is 9.47 Å². The van der Waals surface area contributed by atoms with E-state index in [0.717, 1.165) is 21.6 Å². The van der Waals surface area contributed by atoms with Crippen molar-refractivity contribution in [1.82, 2.24) is 4.57 Å². The molecule has 1 aliphatic heterocycles.